The lowest BCUT2D eigenvalue weighted by Crippen LogP contribution is -2.47. The van der Waals surface area contributed by atoms with E-state index in [1.807, 2.05) is 13.0 Å². The first-order chi connectivity index (χ1) is 11.0. The third-order valence-electron chi connectivity index (χ3n) is 4.11. The average Bonchev–Trinajstić information content (AvgIpc) is 2.46. The molecule has 2 aliphatic heterocycles. The van der Waals surface area contributed by atoms with Crippen molar-refractivity contribution in [3.8, 4) is 5.75 Å². The molecule has 1 fully saturated rings. The molecule has 2 heterocycles. The van der Waals surface area contributed by atoms with Gasteiger partial charge in [-0.25, -0.2) is 4.39 Å². The highest BCUT2D eigenvalue weighted by atomic mass is 19.1. The van der Waals surface area contributed by atoms with Crippen molar-refractivity contribution in [3.05, 3.63) is 60.0 Å². The van der Waals surface area contributed by atoms with Gasteiger partial charge < -0.3 is 15.0 Å². The van der Waals surface area contributed by atoms with E-state index in [-0.39, 0.29) is 5.75 Å². The zero-order valence-electron chi connectivity index (χ0n) is 13.1. The molecule has 1 aromatic rings. The number of halogens is 2. The van der Waals surface area contributed by atoms with Gasteiger partial charge in [0.15, 0.2) is 17.5 Å². The van der Waals surface area contributed by atoms with Crippen molar-refractivity contribution in [1.82, 2.24) is 10.2 Å². The van der Waals surface area contributed by atoms with Crippen LogP contribution < -0.4 is 10.1 Å². The Hall–Kier alpha value is -2.30. The zero-order chi connectivity index (χ0) is 16.4. The number of rotatable bonds is 5. The number of likely N-dealkylation sites (tertiary alicyclic amines) is 1. The number of dihydropyridines is 1. The van der Waals surface area contributed by atoms with Gasteiger partial charge in [-0.3, -0.25) is 0 Å². The minimum absolute atomic E-state index is 0.238. The van der Waals surface area contributed by atoms with Crippen molar-refractivity contribution < 1.29 is 13.5 Å². The van der Waals surface area contributed by atoms with Crippen LogP contribution in [0.15, 0.2) is 48.6 Å². The highest BCUT2D eigenvalue weighted by Gasteiger charge is 2.26. The summed E-state index contributed by atoms with van der Waals surface area (Å²) in [6, 6.07) is 4.74. The van der Waals surface area contributed by atoms with Crippen LogP contribution in [0.5, 0.6) is 5.75 Å². The fraction of sp³-hybridized carbons (Fsp3) is 0.333. The second-order valence-electron chi connectivity index (χ2n) is 6.00. The number of allylic oxidation sites excluding steroid dienone is 3. The second-order valence-corrected chi connectivity index (χ2v) is 6.00. The van der Waals surface area contributed by atoms with Gasteiger partial charge in [-0.15, -0.1) is 0 Å². The largest absolute Gasteiger partial charge is 0.490 e. The molecule has 23 heavy (non-hydrogen) atoms. The number of benzene rings is 1. The van der Waals surface area contributed by atoms with Crippen LogP contribution in [0.1, 0.15) is 12.5 Å². The van der Waals surface area contributed by atoms with Gasteiger partial charge in [0.2, 0.25) is 0 Å². The molecule has 0 amide bonds. The lowest BCUT2D eigenvalue weighted by molar-refractivity contribution is 0.0908. The van der Waals surface area contributed by atoms with E-state index in [0.717, 1.165) is 18.8 Å². The topological polar surface area (TPSA) is 24.5 Å². The molecule has 0 bridgehead atoms. The Labute approximate surface area is 134 Å². The molecule has 3 nitrogen and oxygen atoms in total. The van der Waals surface area contributed by atoms with Gasteiger partial charge in [-0.05, 0) is 36.3 Å². The van der Waals surface area contributed by atoms with Crippen molar-refractivity contribution in [2.75, 3.05) is 26.2 Å². The van der Waals surface area contributed by atoms with Crippen LogP contribution >= 0.6 is 0 Å². The van der Waals surface area contributed by atoms with Gasteiger partial charge in [0, 0.05) is 31.2 Å². The lowest BCUT2D eigenvalue weighted by Gasteiger charge is -2.41. The monoisotopic (exact) mass is 318 g/mol. The minimum Gasteiger partial charge on any atom is -0.490 e. The summed E-state index contributed by atoms with van der Waals surface area (Å²) in [5.41, 5.74) is 2.36. The Balaban J connectivity index is 1.60. The van der Waals surface area contributed by atoms with Crippen LogP contribution in [-0.4, -0.2) is 31.1 Å². The summed E-state index contributed by atoms with van der Waals surface area (Å²) in [6.45, 7) is 8.55. The van der Waals surface area contributed by atoms with E-state index in [1.54, 1.807) is 12.1 Å². The third-order valence-corrected chi connectivity index (χ3v) is 4.11. The molecular formula is C18H20F2N2O. The van der Waals surface area contributed by atoms with E-state index in [9.17, 15) is 8.78 Å². The average molecular weight is 318 g/mol. The summed E-state index contributed by atoms with van der Waals surface area (Å²) in [5.74, 6) is -0.196. The Morgan fingerprint density at radius 3 is 2.83 bits per heavy atom. The summed E-state index contributed by atoms with van der Waals surface area (Å²) in [4.78, 5) is 2.16. The Morgan fingerprint density at radius 1 is 1.39 bits per heavy atom. The number of ether oxygens (including phenoxy) is 1. The molecule has 122 valence electrons. The molecule has 0 saturated carbocycles. The standard InChI is InChI=1S/C18H20F2N2O/c1-12(2)22-9-13(10-22)11-23-17-4-3-14(7-16(17)19)15-5-6-21-18(20)8-15/h3-5,7-8,13,21H,1,6,9-11H2,2H3. The number of nitrogens with one attached hydrogen (secondary N) is 1. The van der Waals surface area contributed by atoms with Crippen molar-refractivity contribution in [3.63, 3.8) is 0 Å². The van der Waals surface area contributed by atoms with Crippen LogP contribution in [0.4, 0.5) is 8.78 Å². The van der Waals surface area contributed by atoms with Gasteiger partial charge in [0.1, 0.15) is 0 Å². The van der Waals surface area contributed by atoms with Gasteiger partial charge in [-0.1, -0.05) is 18.7 Å². The van der Waals surface area contributed by atoms with Gasteiger partial charge >= 0.3 is 0 Å². The molecule has 1 saturated heterocycles. The number of nitrogens with zero attached hydrogens (tertiary/aromatic N) is 1. The normalized spacial score (nSPS) is 17.8. The molecule has 0 radical (unpaired) electrons. The highest BCUT2D eigenvalue weighted by molar-refractivity contribution is 5.75. The SMILES string of the molecule is C=C(C)N1CC(COc2ccc(C3=CCNC(F)=C3)cc2F)C1. The number of hydrogen-bond donors (Lipinski definition) is 1. The van der Waals surface area contributed by atoms with Crippen molar-refractivity contribution in [2.24, 2.45) is 5.92 Å². The van der Waals surface area contributed by atoms with Crippen molar-refractivity contribution >= 4 is 5.57 Å². The van der Waals surface area contributed by atoms with Gasteiger partial charge in [0.05, 0.1) is 6.61 Å². The van der Waals surface area contributed by atoms with E-state index in [0.29, 0.717) is 30.2 Å². The molecule has 0 aromatic heterocycles. The molecule has 1 N–H and O–H groups in total. The highest BCUT2D eigenvalue weighted by Crippen LogP contribution is 2.27. The number of hydrogen-bond acceptors (Lipinski definition) is 3. The van der Waals surface area contributed by atoms with Crippen LogP contribution in [-0.2, 0) is 0 Å². The summed E-state index contributed by atoms with van der Waals surface area (Å²) in [7, 11) is 0. The van der Waals surface area contributed by atoms with Crippen LogP contribution in [0.3, 0.4) is 0 Å². The zero-order valence-corrected chi connectivity index (χ0v) is 13.1. The van der Waals surface area contributed by atoms with Crippen LogP contribution in [0, 0.1) is 11.7 Å². The summed E-state index contributed by atoms with van der Waals surface area (Å²) < 4.78 is 33.0. The van der Waals surface area contributed by atoms with E-state index in [1.165, 1.54) is 12.1 Å². The molecule has 0 spiro atoms. The van der Waals surface area contributed by atoms with Gasteiger partial charge in [0.25, 0.3) is 0 Å². The first kappa shape index (κ1) is 15.6. The molecule has 0 unspecified atom stereocenters. The van der Waals surface area contributed by atoms with Crippen molar-refractivity contribution in [1.29, 1.82) is 0 Å². The summed E-state index contributed by atoms with van der Waals surface area (Å²) >= 11 is 0. The fourth-order valence-corrected chi connectivity index (χ4v) is 2.70. The molecular weight excluding hydrogens is 298 g/mol. The maximum atomic E-state index is 14.2. The van der Waals surface area contributed by atoms with E-state index in [4.69, 9.17) is 4.74 Å². The van der Waals surface area contributed by atoms with E-state index < -0.39 is 11.8 Å². The van der Waals surface area contributed by atoms with Crippen LogP contribution in [0.2, 0.25) is 0 Å². The molecule has 5 heteroatoms. The predicted molar refractivity (Wildman–Crippen MR) is 86.9 cm³/mol. The molecule has 2 aliphatic rings. The first-order valence-corrected chi connectivity index (χ1v) is 7.67. The minimum atomic E-state index is -0.424. The molecule has 3 rings (SSSR count). The molecule has 0 aliphatic carbocycles. The summed E-state index contributed by atoms with van der Waals surface area (Å²) in [5, 5.41) is 2.55. The second kappa shape index (κ2) is 6.44. The fourth-order valence-electron chi connectivity index (χ4n) is 2.70. The van der Waals surface area contributed by atoms with Crippen LogP contribution in [0.25, 0.3) is 5.57 Å². The van der Waals surface area contributed by atoms with E-state index >= 15 is 0 Å². The Kier molecular flexibility index (Phi) is 4.37. The lowest BCUT2D eigenvalue weighted by atomic mass is 10.0. The van der Waals surface area contributed by atoms with Crippen molar-refractivity contribution in [2.45, 2.75) is 6.92 Å². The smallest absolute Gasteiger partial charge is 0.187 e. The summed E-state index contributed by atoms with van der Waals surface area (Å²) in [6.07, 6.45) is 3.18. The van der Waals surface area contributed by atoms with E-state index in [2.05, 4.69) is 16.8 Å². The van der Waals surface area contributed by atoms with Gasteiger partial charge in [-0.2, -0.15) is 4.39 Å². The molecule has 1 aromatic carbocycles. The first-order valence-electron chi connectivity index (χ1n) is 7.67. The maximum Gasteiger partial charge on any atom is 0.187 e. The Morgan fingerprint density at radius 2 is 2.17 bits per heavy atom. The predicted octanol–water partition coefficient (Wildman–Crippen LogP) is 3.47. The quantitative estimate of drug-likeness (QED) is 0.842. The maximum absolute atomic E-state index is 14.2. The molecule has 0 atom stereocenters. The third kappa shape index (κ3) is 3.55. The Bertz CT molecular complexity index is 676.